The lowest BCUT2D eigenvalue weighted by Crippen LogP contribution is -2.41. The molecule has 1 heterocycles. The first-order valence-corrected chi connectivity index (χ1v) is 8.85. The lowest BCUT2D eigenvalue weighted by Gasteiger charge is -2.18. The van der Waals surface area contributed by atoms with Crippen LogP contribution in [0.1, 0.15) is 12.6 Å². The SMILES string of the molecule is CN=C(NCc1cccc(N(C)C)n1)NCC(C)Oc1ccc(Cl)cc1. The van der Waals surface area contributed by atoms with Crippen molar-refractivity contribution >= 4 is 23.4 Å². The number of rotatable bonds is 7. The van der Waals surface area contributed by atoms with Crippen LogP contribution in [-0.4, -0.2) is 44.7 Å². The minimum atomic E-state index is -0.0232. The summed E-state index contributed by atoms with van der Waals surface area (Å²) in [6, 6.07) is 13.3. The number of ether oxygens (including phenoxy) is 1. The highest BCUT2D eigenvalue weighted by molar-refractivity contribution is 6.30. The van der Waals surface area contributed by atoms with E-state index in [-0.39, 0.29) is 6.10 Å². The van der Waals surface area contributed by atoms with Gasteiger partial charge in [0.15, 0.2) is 5.96 Å². The van der Waals surface area contributed by atoms with Crippen LogP contribution in [0, 0.1) is 0 Å². The van der Waals surface area contributed by atoms with Crippen molar-refractivity contribution in [3.05, 3.63) is 53.2 Å². The molecule has 2 rings (SSSR count). The Hall–Kier alpha value is -2.47. The summed E-state index contributed by atoms with van der Waals surface area (Å²) in [6.45, 7) is 3.21. The molecule has 1 aromatic heterocycles. The van der Waals surface area contributed by atoms with Gasteiger partial charge in [-0.2, -0.15) is 0 Å². The van der Waals surface area contributed by atoms with E-state index in [4.69, 9.17) is 16.3 Å². The summed E-state index contributed by atoms with van der Waals surface area (Å²) < 4.78 is 5.85. The van der Waals surface area contributed by atoms with Gasteiger partial charge in [0, 0.05) is 26.2 Å². The van der Waals surface area contributed by atoms with Crippen molar-refractivity contribution in [1.29, 1.82) is 0 Å². The third-order valence-electron chi connectivity index (χ3n) is 3.62. The normalized spacial score (nSPS) is 12.4. The molecular formula is C19H26ClN5O. The van der Waals surface area contributed by atoms with Crippen molar-refractivity contribution in [2.75, 3.05) is 32.6 Å². The first-order chi connectivity index (χ1) is 12.5. The van der Waals surface area contributed by atoms with Crippen molar-refractivity contribution in [2.24, 2.45) is 4.99 Å². The Kier molecular flexibility index (Phi) is 7.53. The van der Waals surface area contributed by atoms with E-state index >= 15 is 0 Å². The van der Waals surface area contributed by atoms with Crippen molar-refractivity contribution in [1.82, 2.24) is 15.6 Å². The predicted molar refractivity (Wildman–Crippen MR) is 108 cm³/mol. The maximum absolute atomic E-state index is 5.88. The molecule has 0 saturated carbocycles. The number of anilines is 1. The number of benzene rings is 1. The summed E-state index contributed by atoms with van der Waals surface area (Å²) >= 11 is 5.88. The number of aliphatic imine (C=N–C) groups is 1. The topological polar surface area (TPSA) is 61.8 Å². The highest BCUT2D eigenvalue weighted by Gasteiger charge is 2.07. The molecule has 0 spiro atoms. The Bertz CT molecular complexity index is 718. The highest BCUT2D eigenvalue weighted by atomic mass is 35.5. The van der Waals surface area contributed by atoms with Crippen LogP contribution in [0.2, 0.25) is 5.02 Å². The van der Waals surface area contributed by atoms with Crippen molar-refractivity contribution in [2.45, 2.75) is 19.6 Å². The van der Waals surface area contributed by atoms with Crippen LogP contribution in [0.25, 0.3) is 0 Å². The Morgan fingerprint density at radius 2 is 1.92 bits per heavy atom. The number of halogens is 1. The summed E-state index contributed by atoms with van der Waals surface area (Å²) in [5, 5.41) is 7.22. The molecule has 0 aliphatic rings. The van der Waals surface area contributed by atoms with Crippen LogP contribution in [0.5, 0.6) is 5.75 Å². The standard InChI is InChI=1S/C19H26ClN5O/c1-14(26-17-10-8-15(20)9-11-17)12-22-19(21-2)23-13-16-6-5-7-18(24-16)25(3)4/h5-11,14H,12-13H2,1-4H3,(H2,21,22,23). The number of nitrogens with zero attached hydrogens (tertiary/aromatic N) is 3. The van der Waals surface area contributed by atoms with E-state index in [0.717, 1.165) is 17.3 Å². The number of nitrogens with one attached hydrogen (secondary N) is 2. The lowest BCUT2D eigenvalue weighted by molar-refractivity contribution is 0.224. The second-order valence-corrected chi connectivity index (χ2v) is 6.51. The Morgan fingerprint density at radius 1 is 1.19 bits per heavy atom. The van der Waals surface area contributed by atoms with Crippen LogP contribution in [0.4, 0.5) is 5.82 Å². The fourth-order valence-corrected chi connectivity index (χ4v) is 2.36. The van der Waals surface area contributed by atoms with Gasteiger partial charge < -0.3 is 20.3 Å². The smallest absolute Gasteiger partial charge is 0.191 e. The Morgan fingerprint density at radius 3 is 2.58 bits per heavy atom. The van der Waals surface area contributed by atoms with Gasteiger partial charge in [0.05, 0.1) is 18.8 Å². The van der Waals surface area contributed by atoms with Gasteiger partial charge in [-0.1, -0.05) is 17.7 Å². The number of guanidine groups is 1. The summed E-state index contributed by atoms with van der Waals surface area (Å²) in [5.41, 5.74) is 0.949. The average molecular weight is 376 g/mol. The van der Waals surface area contributed by atoms with E-state index < -0.39 is 0 Å². The molecule has 0 aliphatic carbocycles. The molecule has 26 heavy (non-hydrogen) atoms. The van der Waals surface area contributed by atoms with Crippen LogP contribution >= 0.6 is 11.6 Å². The summed E-state index contributed by atoms with van der Waals surface area (Å²) in [6.07, 6.45) is -0.0232. The van der Waals surface area contributed by atoms with E-state index in [1.807, 2.05) is 68.4 Å². The van der Waals surface area contributed by atoms with E-state index in [0.29, 0.717) is 24.1 Å². The zero-order chi connectivity index (χ0) is 18.9. The summed E-state index contributed by atoms with van der Waals surface area (Å²) in [4.78, 5) is 10.8. The third-order valence-corrected chi connectivity index (χ3v) is 3.87. The fraction of sp³-hybridized carbons (Fsp3) is 0.368. The Labute approximate surface area is 160 Å². The minimum Gasteiger partial charge on any atom is -0.489 e. The maximum Gasteiger partial charge on any atom is 0.191 e. The number of aromatic nitrogens is 1. The van der Waals surface area contributed by atoms with Gasteiger partial charge in [-0.15, -0.1) is 0 Å². The van der Waals surface area contributed by atoms with E-state index in [9.17, 15) is 0 Å². The number of hydrogen-bond donors (Lipinski definition) is 2. The second-order valence-electron chi connectivity index (χ2n) is 6.07. The van der Waals surface area contributed by atoms with Gasteiger partial charge in [-0.3, -0.25) is 4.99 Å². The molecule has 2 aromatic rings. The van der Waals surface area contributed by atoms with E-state index in [2.05, 4.69) is 20.6 Å². The molecule has 1 atom stereocenters. The zero-order valence-corrected chi connectivity index (χ0v) is 16.4. The molecule has 1 aromatic carbocycles. The molecule has 1 unspecified atom stereocenters. The van der Waals surface area contributed by atoms with E-state index in [1.165, 1.54) is 0 Å². The fourth-order valence-electron chi connectivity index (χ4n) is 2.24. The molecule has 0 fully saturated rings. The minimum absolute atomic E-state index is 0.0232. The molecule has 6 nitrogen and oxygen atoms in total. The first-order valence-electron chi connectivity index (χ1n) is 8.48. The molecule has 7 heteroatoms. The highest BCUT2D eigenvalue weighted by Crippen LogP contribution is 2.16. The molecule has 0 amide bonds. The lowest BCUT2D eigenvalue weighted by atomic mass is 10.3. The van der Waals surface area contributed by atoms with Gasteiger partial charge in [-0.25, -0.2) is 4.98 Å². The molecule has 2 N–H and O–H groups in total. The number of hydrogen-bond acceptors (Lipinski definition) is 4. The van der Waals surface area contributed by atoms with Crippen LogP contribution in [0.3, 0.4) is 0 Å². The predicted octanol–water partition coefficient (Wildman–Crippen LogP) is 2.93. The van der Waals surface area contributed by atoms with Crippen molar-refractivity contribution < 1.29 is 4.74 Å². The quantitative estimate of drug-likeness (QED) is 0.575. The maximum atomic E-state index is 5.88. The molecule has 0 saturated heterocycles. The van der Waals surface area contributed by atoms with Crippen molar-refractivity contribution in [3.63, 3.8) is 0 Å². The number of pyridine rings is 1. The first kappa shape index (κ1) is 19.8. The monoisotopic (exact) mass is 375 g/mol. The molecular weight excluding hydrogens is 350 g/mol. The second kappa shape index (κ2) is 9.87. The van der Waals surface area contributed by atoms with Crippen molar-refractivity contribution in [3.8, 4) is 5.75 Å². The molecule has 0 bridgehead atoms. The molecule has 140 valence electrons. The summed E-state index contributed by atoms with van der Waals surface area (Å²) in [5.74, 6) is 2.42. The van der Waals surface area contributed by atoms with Gasteiger partial charge in [0.1, 0.15) is 17.7 Å². The van der Waals surface area contributed by atoms with Crippen LogP contribution in [0.15, 0.2) is 47.5 Å². The van der Waals surface area contributed by atoms with Gasteiger partial charge in [0.2, 0.25) is 0 Å². The van der Waals surface area contributed by atoms with Gasteiger partial charge >= 0.3 is 0 Å². The zero-order valence-electron chi connectivity index (χ0n) is 15.7. The largest absolute Gasteiger partial charge is 0.489 e. The average Bonchev–Trinajstić information content (AvgIpc) is 2.64. The third kappa shape index (κ3) is 6.44. The van der Waals surface area contributed by atoms with E-state index in [1.54, 1.807) is 7.05 Å². The van der Waals surface area contributed by atoms with Crippen LogP contribution in [-0.2, 0) is 6.54 Å². The summed E-state index contributed by atoms with van der Waals surface area (Å²) in [7, 11) is 5.69. The van der Waals surface area contributed by atoms with Gasteiger partial charge in [-0.05, 0) is 43.3 Å². The Balaban J connectivity index is 1.80. The molecule has 0 radical (unpaired) electrons. The van der Waals surface area contributed by atoms with Gasteiger partial charge in [0.25, 0.3) is 0 Å². The van der Waals surface area contributed by atoms with Crippen LogP contribution < -0.4 is 20.3 Å². The molecule has 0 aliphatic heterocycles.